The lowest BCUT2D eigenvalue weighted by Crippen LogP contribution is -2.46. The predicted octanol–water partition coefficient (Wildman–Crippen LogP) is 0.350. The van der Waals surface area contributed by atoms with E-state index >= 15 is 0 Å². The van der Waals surface area contributed by atoms with Gasteiger partial charge in [0.1, 0.15) is 6.07 Å². The van der Waals surface area contributed by atoms with E-state index in [1.807, 2.05) is 0 Å². The van der Waals surface area contributed by atoms with Crippen LogP contribution >= 0.6 is 0 Å². The topological polar surface area (TPSA) is 82.1 Å². The minimum Gasteiger partial charge on any atom is -0.353 e. The molecule has 2 N–H and O–H groups in total. The molecule has 6 heteroatoms. The van der Waals surface area contributed by atoms with Gasteiger partial charge in [0.05, 0.1) is 0 Å². The Balaban J connectivity index is 1.66. The number of likely N-dealkylation sites (tertiary alicyclic amines) is 1. The number of nitriles is 1. The highest BCUT2D eigenvalue weighted by Gasteiger charge is 2.31. The molecule has 0 aromatic carbocycles. The van der Waals surface area contributed by atoms with Crippen molar-refractivity contribution in [2.75, 3.05) is 31.1 Å². The van der Waals surface area contributed by atoms with E-state index in [1.165, 1.54) is 0 Å². The van der Waals surface area contributed by atoms with E-state index in [9.17, 15) is 0 Å². The Morgan fingerprint density at radius 3 is 2.65 bits per heavy atom. The average molecular weight is 272 g/mol. The van der Waals surface area contributed by atoms with Gasteiger partial charge in [-0.15, -0.1) is 0 Å². The smallest absolute Gasteiger partial charge is 0.183 e. The third-order valence-corrected chi connectivity index (χ3v) is 4.34. The molecule has 6 nitrogen and oxygen atoms in total. The third kappa shape index (κ3) is 2.60. The normalized spacial score (nSPS) is 24.8. The predicted molar refractivity (Wildman–Crippen MR) is 76.1 cm³/mol. The van der Waals surface area contributed by atoms with Crippen LogP contribution in [0.5, 0.6) is 0 Å². The lowest BCUT2D eigenvalue weighted by molar-refractivity contribution is 0.163. The van der Waals surface area contributed by atoms with E-state index < -0.39 is 0 Å². The van der Waals surface area contributed by atoms with Gasteiger partial charge >= 0.3 is 0 Å². The maximum absolute atomic E-state index is 9.12. The van der Waals surface area contributed by atoms with Gasteiger partial charge in [-0.25, -0.2) is 9.97 Å². The lowest BCUT2D eigenvalue weighted by Gasteiger charge is -2.34. The molecule has 106 valence electrons. The van der Waals surface area contributed by atoms with E-state index in [4.69, 9.17) is 11.0 Å². The van der Waals surface area contributed by atoms with Gasteiger partial charge in [0.15, 0.2) is 11.5 Å². The van der Waals surface area contributed by atoms with Crippen molar-refractivity contribution in [3.63, 3.8) is 0 Å². The Bertz CT molecular complexity index is 503. The minimum absolute atomic E-state index is 0.369. The molecular formula is C14H20N6. The summed E-state index contributed by atoms with van der Waals surface area (Å²) in [4.78, 5) is 13.1. The maximum Gasteiger partial charge on any atom is 0.183 e. The second-order valence-electron chi connectivity index (χ2n) is 5.60. The number of nitrogens with two attached hydrogens (primary N) is 1. The Morgan fingerprint density at radius 1 is 1.15 bits per heavy atom. The molecule has 20 heavy (non-hydrogen) atoms. The van der Waals surface area contributed by atoms with Gasteiger partial charge < -0.3 is 10.6 Å². The fourth-order valence-electron chi connectivity index (χ4n) is 3.16. The summed E-state index contributed by atoms with van der Waals surface area (Å²) in [5, 5.41) is 9.12. The Kier molecular flexibility index (Phi) is 3.81. The number of hydrogen-bond donors (Lipinski definition) is 1. The van der Waals surface area contributed by atoms with Crippen molar-refractivity contribution in [3.8, 4) is 6.07 Å². The van der Waals surface area contributed by atoms with Crippen LogP contribution < -0.4 is 10.6 Å². The Morgan fingerprint density at radius 2 is 1.90 bits per heavy atom. The molecule has 3 heterocycles. The zero-order valence-corrected chi connectivity index (χ0v) is 11.6. The molecule has 0 aliphatic carbocycles. The fraction of sp³-hybridized carbons (Fsp3) is 0.643. The molecule has 1 atom stereocenters. The molecule has 2 aliphatic heterocycles. The summed E-state index contributed by atoms with van der Waals surface area (Å²) in [6.07, 6.45) is 6.53. The van der Waals surface area contributed by atoms with Crippen molar-refractivity contribution < 1.29 is 0 Å². The molecule has 1 aromatic heterocycles. The zero-order valence-electron chi connectivity index (χ0n) is 11.6. The lowest BCUT2D eigenvalue weighted by atomic mass is 10.0. The quantitative estimate of drug-likeness (QED) is 0.836. The minimum atomic E-state index is 0.369. The number of anilines is 1. The monoisotopic (exact) mass is 272 g/mol. The van der Waals surface area contributed by atoms with Gasteiger partial charge in [0.2, 0.25) is 0 Å². The molecule has 0 spiro atoms. The highest BCUT2D eigenvalue weighted by atomic mass is 15.3. The van der Waals surface area contributed by atoms with E-state index in [1.54, 1.807) is 12.4 Å². The molecule has 2 saturated heterocycles. The van der Waals surface area contributed by atoms with Crippen LogP contribution in [0, 0.1) is 11.3 Å². The van der Waals surface area contributed by atoms with Crippen molar-refractivity contribution in [3.05, 3.63) is 18.1 Å². The van der Waals surface area contributed by atoms with Crippen LogP contribution in [-0.2, 0) is 0 Å². The number of piperidine rings is 1. The van der Waals surface area contributed by atoms with Gasteiger partial charge in [-0.3, -0.25) is 4.90 Å². The standard InChI is InChI=1S/C14H20N6/c15-9-13-14(18-5-4-17-13)20-8-3-12(10-20)19-6-1-11(16)2-7-19/h4-5,11-12H,1-3,6-8,10,16H2. The summed E-state index contributed by atoms with van der Waals surface area (Å²) in [6.45, 7) is 4.06. The van der Waals surface area contributed by atoms with Crippen molar-refractivity contribution in [1.29, 1.82) is 5.26 Å². The molecule has 2 fully saturated rings. The van der Waals surface area contributed by atoms with Gasteiger partial charge in [-0.2, -0.15) is 5.26 Å². The Labute approximate surface area is 119 Å². The van der Waals surface area contributed by atoms with Crippen LogP contribution in [0.1, 0.15) is 25.0 Å². The third-order valence-electron chi connectivity index (χ3n) is 4.34. The summed E-state index contributed by atoms with van der Waals surface area (Å²) >= 11 is 0. The number of hydrogen-bond acceptors (Lipinski definition) is 6. The molecule has 1 unspecified atom stereocenters. The van der Waals surface area contributed by atoms with Crippen molar-refractivity contribution in [2.24, 2.45) is 5.73 Å². The van der Waals surface area contributed by atoms with E-state index in [0.717, 1.165) is 51.3 Å². The van der Waals surface area contributed by atoms with Crippen LogP contribution in [0.15, 0.2) is 12.4 Å². The number of rotatable bonds is 2. The average Bonchev–Trinajstić information content (AvgIpc) is 2.97. The first-order valence-electron chi connectivity index (χ1n) is 7.23. The highest BCUT2D eigenvalue weighted by molar-refractivity contribution is 5.50. The summed E-state index contributed by atoms with van der Waals surface area (Å²) in [7, 11) is 0. The molecule has 0 saturated carbocycles. The molecule has 0 bridgehead atoms. The molecule has 2 aliphatic rings. The molecule has 1 aromatic rings. The van der Waals surface area contributed by atoms with E-state index in [0.29, 0.717) is 17.8 Å². The fourth-order valence-corrected chi connectivity index (χ4v) is 3.16. The van der Waals surface area contributed by atoms with Crippen LogP contribution in [-0.4, -0.2) is 53.1 Å². The van der Waals surface area contributed by atoms with Crippen LogP contribution in [0.25, 0.3) is 0 Å². The molecular weight excluding hydrogens is 252 g/mol. The number of aromatic nitrogens is 2. The Hall–Kier alpha value is -1.71. The summed E-state index contributed by atoms with van der Waals surface area (Å²) in [5.74, 6) is 0.728. The van der Waals surface area contributed by atoms with Crippen LogP contribution in [0.2, 0.25) is 0 Å². The van der Waals surface area contributed by atoms with Gasteiger partial charge in [0.25, 0.3) is 0 Å². The van der Waals surface area contributed by atoms with E-state index in [2.05, 4.69) is 25.8 Å². The van der Waals surface area contributed by atoms with E-state index in [-0.39, 0.29) is 0 Å². The SMILES string of the molecule is N#Cc1nccnc1N1CCC(N2CCC(N)CC2)C1. The van der Waals surface area contributed by atoms with Crippen LogP contribution in [0.4, 0.5) is 5.82 Å². The summed E-state index contributed by atoms with van der Waals surface area (Å²) in [6, 6.07) is 3.05. The van der Waals surface area contributed by atoms with Crippen LogP contribution in [0.3, 0.4) is 0 Å². The largest absolute Gasteiger partial charge is 0.353 e. The zero-order chi connectivity index (χ0) is 13.9. The van der Waals surface area contributed by atoms with Crippen molar-refractivity contribution in [1.82, 2.24) is 14.9 Å². The van der Waals surface area contributed by atoms with Gasteiger partial charge in [-0.1, -0.05) is 0 Å². The second kappa shape index (κ2) is 5.73. The number of nitrogens with zero attached hydrogens (tertiary/aromatic N) is 5. The summed E-state index contributed by atoms with van der Waals surface area (Å²) < 4.78 is 0. The highest BCUT2D eigenvalue weighted by Crippen LogP contribution is 2.24. The molecule has 3 rings (SSSR count). The van der Waals surface area contributed by atoms with Gasteiger partial charge in [-0.05, 0) is 32.4 Å². The second-order valence-corrected chi connectivity index (χ2v) is 5.60. The molecule has 0 radical (unpaired) electrons. The first kappa shape index (κ1) is 13.3. The van der Waals surface area contributed by atoms with Crippen molar-refractivity contribution >= 4 is 5.82 Å². The first-order chi connectivity index (χ1) is 9.78. The van der Waals surface area contributed by atoms with Crippen molar-refractivity contribution in [2.45, 2.75) is 31.3 Å². The maximum atomic E-state index is 9.12. The summed E-state index contributed by atoms with van der Waals surface area (Å²) in [5.41, 5.74) is 6.39. The molecule has 0 amide bonds. The first-order valence-corrected chi connectivity index (χ1v) is 7.23. The van der Waals surface area contributed by atoms with Gasteiger partial charge in [0, 0.05) is 37.6 Å².